The zero-order valence-corrected chi connectivity index (χ0v) is 26.3. The number of rotatable bonds is 9. The van der Waals surface area contributed by atoms with Crippen LogP contribution in [0.1, 0.15) is 58.3 Å². The maximum atomic E-state index is 14.6. The minimum Gasteiger partial charge on any atom is -0.375 e. The number of nitrogens with zero attached hydrogens (tertiary/aromatic N) is 7. The lowest BCUT2D eigenvalue weighted by molar-refractivity contribution is -0.138. The van der Waals surface area contributed by atoms with Gasteiger partial charge in [-0.05, 0) is 83.5 Å². The highest BCUT2D eigenvalue weighted by atomic mass is 19.4. The van der Waals surface area contributed by atoms with Gasteiger partial charge in [-0.3, -0.25) is 14.6 Å². The third kappa shape index (κ3) is 5.69. The van der Waals surface area contributed by atoms with Crippen LogP contribution >= 0.6 is 0 Å². The fraction of sp³-hybridized carbons (Fsp3) is 0.400. The van der Waals surface area contributed by atoms with Crippen molar-refractivity contribution in [2.75, 3.05) is 29.9 Å². The molecule has 0 radical (unpaired) electrons. The van der Waals surface area contributed by atoms with Crippen LogP contribution in [0.3, 0.4) is 0 Å². The van der Waals surface area contributed by atoms with E-state index < -0.39 is 17.6 Å². The van der Waals surface area contributed by atoms with Gasteiger partial charge < -0.3 is 14.6 Å². The molecule has 0 spiro atoms. The van der Waals surface area contributed by atoms with E-state index in [0.717, 1.165) is 12.8 Å². The maximum absolute atomic E-state index is 14.6. The molecule has 0 unspecified atom stereocenters. The number of nitriles is 1. The Morgan fingerprint density at radius 1 is 1.10 bits per heavy atom. The van der Waals surface area contributed by atoms with E-state index in [2.05, 4.69) is 26.5 Å². The lowest BCUT2D eigenvalue weighted by Crippen LogP contribution is -2.36. The lowest BCUT2D eigenvalue weighted by Gasteiger charge is -2.27. The summed E-state index contributed by atoms with van der Waals surface area (Å²) in [4.78, 5) is 22.3. The molecule has 10 nitrogen and oxygen atoms in total. The second-order valence-electron chi connectivity index (χ2n) is 13.2. The number of pyridine rings is 1. The van der Waals surface area contributed by atoms with Crippen LogP contribution in [0.5, 0.6) is 0 Å². The molecule has 4 aliphatic rings. The number of nitrogens with one attached hydrogen (secondary N) is 1. The predicted octanol–water partition coefficient (Wildman–Crippen LogP) is 5.78. The molecule has 2 bridgehead atoms. The molecule has 1 amide bonds. The second-order valence-corrected chi connectivity index (χ2v) is 13.2. The molecule has 246 valence electrons. The van der Waals surface area contributed by atoms with E-state index in [1.165, 1.54) is 23.8 Å². The van der Waals surface area contributed by atoms with Crippen molar-refractivity contribution in [1.29, 1.82) is 5.26 Å². The van der Waals surface area contributed by atoms with Gasteiger partial charge >= 0.3 is 6.18 Å². The van der Waals surface area contributed by atoms with E-state index in [0.29, 0.717) is 71.6 Å². The first-order valence-electron chi connectivity index (χ1n) is 16.2. The van der Waals surface area contributed by atoms with Gasteiger partial charge in [-0.15, -0.1) is 10.2 Å². The zero-order valence-electron chi connectivity index (χ0n) is 26.3. The molecule has 2 aromatic heterocycles. The number of halogens is 3. The topological polar surface area (TPSA) is 112 Å². The van der Waals surface area contributed by atoms with Gasteiger partial charge in [0.25, 0.3) is 5.91 Å². The number of fused-ring (bicyclic) bond motifs is 3. The van der Waals surface area contributed by atoms with Crippen molar-refractivity contribution < 1.29 is 22.7 Å². The van der Waals surface area contributed by atoms with Gasteiger partial charge in [0.2, 0.25) is 0 Å². The summed E-state index contributed by atoms with van der Waals surface area (Å²) in [5, 5.41) is 21.4. The summed E-state index contributed by atoms with van der Waals surface area (Å²) >= 11 is 0. The Hall–Kier alpha value is -4.80. The van der Waals surface area contributed by atoms with Crippen LogP contribution in [-0.4, -0.2) is 62.4 Å². The number of likely N-dealkylation sites (tertiary alicyclic amines) is 1. The molecule has 5 heterocycles. The Morgan fingerprint density at radius 3 is 2.65 bits per heavy atom. The molecule has 13 heteroatoms. The standard InChI is InChI=1S/C35H33F3N8O2/c1-44-19-41-43-33(44)26-5-4-21(14-39)8-27(26)23-11-31(40-7-6-20-2-3-20)42-32(12-23)46-17-29-28(34(46)47)9-22(10-30(29)35(36,37)38)15-45-16-25-13-24(45)18-48-25/h4-5,8-12,19-20,24-25H,2-3,6-7,13,15-18H2,1H3,(H,40,42)/t24-,25-/m0/s1. The molecule has 3 fully saturated rings. The van der Waals surface area contributed by atoms with E-state index in [9.17, 15) is 23.2 Å². The third-order valence-corrected chi connectivity index (χ3v) is 9.86. The van der Waals surface area contributed by atoms with Crippen molar-refractivity contribution in [2.45, 2.75) is 57.1 Å². The van der Waals surface area contributed by atoms with Gasteiger partial charge in [-0.25, -0.2) is 4.98 Å². The average molecular weight is 655 g/mol. The number of ether oxygens (including phenoxy) is 1. The highest BCUT2D eigenvalue weighted by Crippen LogP contribution is 2.42. The van der Waals surface area contributed by atoms with Gasteiger partial charge in [-0.1, -0.05) is 12.8 Å². The van der Waals surface area contributed by atoms with Crippen LogP contribution in [0.25, 0.3) is 22.5 Å². The maximum Gasteiger partial charge on any atom is 0.416 e. The average Bonchev–Trinajstić information content (AvgIpc) is 3.34. The first-order chi connectivity index (χ1) is 23.1. The minimum atomic E-state index is -4.64. The van der Waals surface area contributed by atoms with Crippen LogP contribution in [0.4, 0.5) is 24.8 Å². The molecule has 48 heavy (non-hydrogen) atoms. The number of aromatic nitrogens is 4. The van der Waals surface area contributed by atoms with Crippen LogP contribution in [0, 0.1) is 17.2 Å². The van der Waals surface area contributed by atoms with Crippen molar-refractivity contribution >= 4 is 17.5 Å². The van der Waals surface area contributed by atoms with Gasteiger partial charge in [0.05, 0.1) is 36.5 Å². The first-order valence-corrected chi connectivity index (χ1v) is 16.2. The molecule has 3 aliphatic heterocycles. The minimum absolute atomic E-state index is 0.0436. The Morgan fingerprint density at radius 2 is 1.96 bits per heavy atom. The Bertz CT molecular complexity index is 1960. The van der Waals surface area contributed by atoms with Crippen molar-refractivity contribution in [3.05, 3.63) is 76.6 Å². The summed E-state index contributed by atoms with van der Waals surface area (Å²) in [5.74, 6) is 1.42. The van der Waals surface area contributed by atoms with Gasteiger partial charge in [0.1, 0.15) is 18.0 Å². The monoisotopic (exact) mass is 654 g/mol. The molecule has 4 aromatic rings. The van der Waals surface area contributed by atoms with Crippen LogP contribution in [0.15, 0.2) is 48.8 Å². The molecule has 1 N–H and O–H groups in total. The van der Waals surface area contributed by atoms with Crippen LogP contribution < -0.4 is 10.2 Å². The number of benzene rings is 2. The number of carbonyl (C=O) groups is 1. The van der Waals surface area contributed by atoms with E-state index in [1.54, 1.807) is 41.2 Å². The van der Waals surface area contributed by atoms with Gasteiger partial charge in [-0.2, -0.15) is 18.4 Å². The summed E-state index contributed by atoms with van der Waals surface area (Å²) in [5.41, 5.74) is 2.07. The number of amides is 1. The normalized spacial score (nSPS) is 20.4. The summed E-state index contributed by atoms with van der Waals surface area (Å²) in [6.45, 7) is 1.95. The summed E-state index contributed by atoms with van der Waals surface area (Å²) in [6, 6.07) is 13.9. The second kappa shape index (κ2) is 11.7. The molecular weight excluding hydrogens is 621 g/mol. The number of carbonyl (C=O) groups excluding carboxylic acids is 1. The predicted molar refractivity (Wildman–Crippen MR) is 171 cm³/mol. The number of morpholine rings is 1. The smallest absolute Gasteiger partial charge is 0.375 e. The molecule has 2 saturated heterocycles. The molecule has 1 saturated carbocycles. The van der Waals surface area contributed by atoms with Gasteiger partial charge in [0, 0.05) is 43.9 Å². The van der Waals surface area contributed by atoms with Crippen molar-refractivity contribution in [1.82, 2.24) is 24.6 Å². The highest BCUT2D eigenvalue weighted by Gasteiger charge is 2.43. The Kier molecular flexibility index (Phi) is 7.45. The van der Waals surface area contributed by atoms with Gasteiger partial charge in [0.15, 0.2) is 5.82 Å². The molecule has 2 atom stereocenters. The number of aryl methyl sites for hydroxylation is 1. The number of anilines is 2. The van der Waals surface area contributed by atoms with E-state index in [-0.39, 0.29) is 35.6 Å². The van der Waals surface area contributed by atoms with E-state index in [1.807, 2.05) is 13.1 Å². The quantitative estimate of drug-likeness (QED) is 0.242. The van der Waals surface area contributed by atoms with Crippen molar-refractivity contribution in [2.24, 2.45) is 13.0 Å². The zero-order chi connectivity index (χ0) is 33.2. The first kappa shape index (κ1) is 30.5. The lowest BCUT2D eigenvalue weighted by atomic mass is 9.97. The van der Waals surface area contributed by atoms with Crippen molar-refractivity contribution in [3.63, 3.8) is 0 Å². The fourth-order valence-electron chi connectivity index (χ4n) is 7.19. The molecule has 1 aliphatic carbocycles. The van der Waals surface area contributed by atoms with E-state index in [4.69, 9.17) is 9.72 Å². The summed E-state index contributed by atoms with van der Waals surface area (Å²) in [6.07, 6.45) is 1.27. The number of hydrogen-bond donors (Lipinski definition) is 1. The van der Waals surface area contributed by atoms with Crippen LogP contribution in [-0.2, 0) is 31.1 Å². The largest absolute Gasteiger partial charge is 0.416 e. The highest BCUT2D eigenvalue weighted by molar-refractivity contribution is 6.10. The number of hydrogen-bond acceptors (Lipinski definition) is 8. The Balaban J connectivity index is 1.19. The van der Waals surface area contributed by atoms with Crippen molar-refractivity contribution in [3.8, 4) is 28.6 Å². The van der Waals surface area contributed by atoms with Crippen LogP contribution in [0.2, 0.25) is 0 Å². The summed E-state index contributed by atoms with van der Waals surface area (Å²) < 4.78 is 51.1. The molecular formula is C35H33F3N8O2. The molecule has 8 rings (SSSR count). The summed E-state index contributed by atoms with van der Waals surface area (Å²) in [7, 11) is 1.81. The Labute approximate surface area is 275 Å². The SMILES string of the molecule is Cn1cnnc1-c1ccc(C#N)cc1-c1cc(NCCC2CC2)nc(N2Cc3c(cc(CN4C[C@@H]5C[C@H]4CO5)cc3C(F)(F)F)C2=O)c1. The van der Waals surface area contributed by atoms with E-state index >= 15 is 0 Å². The third-order valence-electron chi connectivity index (χ3n) is 9.86. The fourth-order valence-corrected chi connectivity index (χ4v) is 7.19. The number of alkyl halides is 3. The molecule has 2 aromatic carbocycles.